The molecule has 1 atom stereocenters. The maximum absolute atomic E-state index is 13.0. The molecule has 1 saturated heterocycles. The molecule has 1 fully saturated rings. The smallest absolute Gasteiger partial charge is 0.277 e. The van der Waals surface area contributed by atoms with Gasteiger partial charge < -0.3 is 9.32 Å². The van der Waals surface area contributed by atoms with Crippen molar-refractivity contribution >= 4 is 17.2 Å². The molecule has 0 unspecified atom stereocenters. The average molecular weight is 325 g/mol. The van der Waals surface area contributed by atoms with E-state index in [1.54, 1.807) is 6.20 Å². The standard InChI is InChI=1S/C17H15N3O2S/c21-17(15-16(22-11-19-15)14-7-4-10-23-14)20-9-3-6-13(20)12-5-1-2-8-18-12/h1-2,4-5,7-8,10-11,13H,3,6,9H2/t13-/m0/s1. The maximum atomic E-state index is 13.0. The van der Waals surface area contributed by atoms with E-state index in [1.807, 2.05) is 40.6 Å². The number of hydrogen-bond acceptors (Lipinski definition) is 5. The molecule has 0 aromatic carbocycles. The Morgan fingerprint density at radius 1 is 1.26 bits per heavy atom. The molecule has 1 aliphatic heterocycles. The predicted octanol–water partition coefficient (Wildman–Crippen LogP) is 3.78. The highest BCUT2D eigenvalue weighted by Crippen LogP contribution is 2.34. The Hall–Kier alpha value is -2.47. The van der Waals surface area contributed by atoms with Crippen LogP contribution in [0.1, 0.15) is 35.1 Å². The van der Waals surface area contributed by atoms with Crippen molar-refractivity contribution < 1.29 is 9.21 Å². The highest BCUT2D eigenvalue weighted by molar-refractivity contribution is 7.13. The number of carbonyl (C=O) groups excluding carboxylic acids is 1. The second-order valence-corrected chi connectivity index (χ2v) is 6.37. The van der Waals surface area contributed by atoms with E-state index in [1.165, 1.54) is 17.7 Å². The van der Waals surface area contributed by atoms with E-state index in [9.17, 15) is 4.79 Å². The summed E-state index contributed by atoms with van der Waals surface area (Å²) in [6, 6.07) is 9.69. The first-order valence-electron chi connectivity index (χ1n) is 7.54. The van der Waals surface area contributed by atoms with Crippen LogP contribution < -0.4 is 0 Å². The first-order chi connectivity index (χ1) is 11.3. The van der Waals surface area contributed by atoms with E-state index < -0.39 is 0 Å². The molecule has 4 rings (SSSR count). The van der Waals surface area contributed by atoms with Gasteiger partial charge in [-0.2, -0.15) is 0 Å². The molecule has 4 heterocycles. The summed E-state index contributed by atoms with van der Waals surface area (Å²) in [5.74, 6) is 0.465. The van der Waals surface area contributed by atoms with E-state index in [0.717, 1.165) is 30.0 Å². The number of carbonyl (C=O) groups is 1. The Labute approximate surface area is 137 Å². The van der Waals surface area contributed by atoms with E-state index >= 15 is 0 Å². The predicted molar refractivity (Wildman–Crippen MR) is 87.1 cm³/mol. The molecule has 3 aromatic rings. The Morgan fingerprint density at radius 3 is 3.00 bits per heavy atom. The lowest BCUT2D eigenvalue weighted by molar-refractivity contribution is 0.0728. The summed E-state index contributed by atoms with van der Waals surface area (Å²) in [4.78, 5) is 24.3. The van der Waals surface area contributed by atoms with E-state index in [0.29, 0.717) is 11.5 Å². The fourth-order valence-corrected chi connectivity index (χ4v) is 3.72. The quantitative estimate of drug-likeness (QED) is 0.735. The summed E-state index contributed by atoms with van der Waals surface area (Å²) in [6.07, 6.45) is 5.01. The lowest BCUT2D eigenvalue weighted by Crippen LogP contribution is -2.31. The molecular weight excluding hydrogens is 310 g/mol. The summed E-state index contributed by atoms with van der Waals surface area (Å²) in [7, 11) is 0. The lowest BCUT2D eigenvalue weighted by atomic mass is 10.1. The molecule has 1 aliphatic rings. The van der Waals surface area contributed by atoms with Crippen LogP contribution in [0.15, 0.2) is 52.7 Å². The van der Waals surface area contributed by atoms with Crippen LogP contribution in [0.3, 0.4) is 0 Å². The van der Waals surface area contributed by atoms with Crippen molar-refractivity contribution in [2.75, 3.05) is 6.54 Å². The van der Waals surface area contributed by atoms with Crippen LogP contribution in [0, 0.1) is 0 Å². The first-order valence-corrected chi connectivity index (χ1v) is 8.42. The van der Waals surface area contributed by atoms with E-state index in [4.69, 9.17) is 4.42 Å². The largest absolute Gasteiger partial charge is 0.442 e. The molecule has 5 nitrogen and oxygen atoms in total. The highest BCUT2D eigenvalue weighted by Gasteiger charge is 2.34. The Kier molecular flexibility index (Phi) is 3.67. The van der Waals surface area contributed by atoms with Crippen molar-refractivity contribution in [2.24, 2.45) is 0 Å². The minimum Gasteiger partial charge on any atom is -0.442 e. The van der Waals surface area contributed by atoms with Crippen molar-refractivity contribution in [2.45, 2.75) is 18.9 Å². The zero-order valence-corrected chi connectivity index (χ0v) is 13.2. The van der Waals surface area contributed by atoms with Crippen molar-refractivity contribution in [3.63, 3.8) is 0 Å². The number of nitrogens with zero attached hydrogens (tertiary/aromatic N) is 3. The number of amides is 1. The number of oxazole rings is 1. The summed E-state index contributed by atoms with van der Waals surface area (Å²) in [6.45, 7) is 0.719. The number of pyridine rings is 1. The van der Waals surface area contributed by atoms with E-state index in [-0.39, 0.29) is 11.9 Å². The Bertz CT molecular complexity index is 798. The van der Waals surface area contributed by atoms with Gasteiger partial charge in [-0.15, -0.1) is 11.3 Å². The van der Waals surface area contributed by atoms with Crippen LogP contribution in [-0.4, -0.2) is 27.3 Å². The third-order valence-electron chi connectivity index (χ3n) is 4.06. The SMILES string of the molecule is O=C(c1ncoc1-c1cccs1)N1CCC[C@H]1c1ccccn1. The van der Waals surface area contributed by atoms with Crippen LogP contribution in [0.5, 0.6) is 0 Å². The van der Waals surface area contributed by atoms with Gasteiger partial charge in [0.05, 0.1) is 16.6 Å². The lowest BCUT2D eigenvalue weighted by Gasteiger charge is -2.23. The van der Waals surface area contributed by atoms with Crippen LogP contribution in [0.4, 0.5) is 0 Å². The number of aromatic nitrogens is 2. The van der Waals surface area contributed by atoms with Gasteiger partial charge in [0.1, 0.15) is 0 Å². The second kappa shape index (κ2) is 5.96. The van der Waals surface area contributed by atoms with Crippen LogP contribution in [0.25, 0.3) is 10.6 Å². The number of rotatable bonds is 3. The van der Waals surface area contributed by atoms with Gasteiger partial charge >= 0.3 is 0 Å². The fraction of sp³-hybridized carbons (Fsp3) is 0.235. The van der Waals surface area contributed by atoms with Crippen molar-refractivity contribution in [3.8, 4) is 10.6 Å². The second-order valence-electron chi connectivity index (χ2n) is 5.42. The molecule has 0 aliphatic carbocycles. The monoisotopic (exact) mass is 325 g/mol. The van der Waals surface area contributed by atoms with Crippen molar-refractivity contribution in [3.05, 3.63) is 59.7 Å². The van der Waals surface area contributed by atoms with Gasteiger partial charge in [0.15, 0.2) is 17.8 Å². The molecular formula is C17H15N3O2S. The van der Waals surface area contributed by atoms with Gasteiger partial charge in [0.25, 0.3) is 5.91 Å². The molecule has 0 bridgehead atoms. The van der Waals surface area contributed by atoms with Gasteiger partial charge in [-0.3, -0.25) is 9.78 Å². The van der Waals surface area contributed by atoms with Gasteiger partial charge in [-0.1, -0.05) is 12.1 Å². The van der Waals surface area contributed by atoms with Crippen molar-refractivity contribution in [1.29, 1.82) is 0 Å². The van der Waals surface area contributed by atoms with Crippen molar-refractivity contribution in [1.82, 2.24) is 14.9 Å². The zero-order valence-electron chi connectivity index (χ0n) is 12.4. The zero-order chi connectivity index (χ0) is 15.6. The number of thiophene rings is 1. The molecule has 0 N–H and O–H groups in total. The summed E-state index contributed by atoms with van der Waals surface area (Å²) in [5.41, 5.74) is 1.31. The Balaban J connectivity index is 1.66. The molecule has 23 heavy (non-hydrogen) atoms. The Morgan fingerprint density at radius 2 is 2.22 bits per heavy atom. The third kappa shape index (κ3) is 2.55. The normalized spacial score (nSPS) is 17.6. The number of hydrogen-bond donors (Lipinski definition) is 0. The maximum Gasteiger partial charge on any atom is 0.277 e. The summed E-state index contributed by atoms with van der Waals surface area (Å²) < 4.78 is 5.47. The number of likely N-dealkylation sites (tertiary alicyclic amines) is 1. The molecule has 0 radical (unpaired) electrons. The molecule has 1 amide bonds. The minimum absolute atomic E-state index is 0.0107. The van der Waals surface area contributed by atoms with E-state index in [2.05, 4.69) is 9.97 Å². The molecule has 6 heteroatoms. The summed E-state index contributed by atoms with van der Waals surface area (Å²) >= 11 is 1.54. The van der Waals surface area contributed by atoms with Crippen LogP contribution >= 0.6 is 11.3 Å². The fourth-order valence-electron chi connectivity index (χ4n) is 3.01. The molecule has 3 aromatic heterocycles. The highest BCUT2D eigenvalue weighted by atomic mass is 32.1. The van der Waals surface area contributed by atoms with Crippen LogP contribution in [0.2, 0.25) is 0 Å². The topological polar surface area (TPSA) is 59.2 Å². The van der Waals surface area contributed by atoms with Gasteiger partial charge in [-0.05, 0) is 36.4 Å². The summed E-state index contributed by atoms with van der Waals surface area (Å²) in [5, 5.41) is 1.96. The average Bonchev–Trinajstić information content (AvgIpc) is 3.34. The van der Waals surface area contributed by atoms with Gasteiger partial charge in [0, 0.05) is 12.7 Å². The molecule has 116 valence electrons. The molecule has 0 saturated carbocycles. The minimum atomic E-state index is -0.0877. The molecule has 0 spiro atoms. The van der Waals surface area contributed by atoms with Gasteiger partial charge in [-0.25, -0.2) is 4.98 Å². The third-order valence-corrected chi connectivity index (χ3v) is 4.93. The first kappa shape index (κ1) is 14.1. The van der Waals surface area contributed by atoms with Gasteiger partial charge in [0.2, 0.25) is 0 Å². The van der Waals surface area contributed by atoms with Crippen LogP contribution in [-0.2, 0) is 0 Å².